The summed E-state index contributed by atoms with van der Waals surface area (Å²) in [6.07, 6.45) is 1.19. The molecule has 0 aromatic heterocycles. The van der Waals surface area contributed by atoms with Crippen molar-refractivity contribution in [2.75, 3.05) is 38.7 Å². The van der Waals surface area contributed by atoms with Crippen molar-refractivity contribution in [1.82, 2.24) is 15.1 Å². The Morgan fingerprint density at radius 3 is 2.66 bits per heavy atom. The second-order valence-corrected chi connectivity index (χ2v) is 8.77. The molecule has 1 atom stereocenters. The van der Waals surface area contributed by atoms with Crippen LogP contribution in [-0.4, -0.2) is 67.3 Å². The number of nitrogens with zero attached hydrogens (tertiary/aromatic N) is 2. The average Bonchev–Trinajstić information content (AvgIpc) is 3.22. The summed E-state index contributed by atoms with van der Waals surface area (Å²) in [6.45, 7) is 3.93. The maximum atomic E-state index is 15.2. The number of fused-ring (bicyclic) bond motifs is 1. The number of rotatable bonds is 10. The van der Waals surface area contributed by atoms with E-state index < -0.39 is 6.04 Å². The van der Waals surface area contributed by atoms with Crippen molar-refractivity contribution < 1.29 is 23.5 Å². The number of hydrogen-bond acceptors (Lipinski definition) is 6. The number of nitrogens with one attached hydrogen (secondary N) is 2. The molecule has 0 spiro atoms. The number of carbonyl (C=O) groups is 3. The Hall–Kier alpha value is -3.30. The summed E-state index contributed by atoms with van der Waals surface area (Å²) in [5, 5.41) is 5.87. The van der Waals surface area contributed by atoms with Crippen molar-refractivity contribution >= 4 is 23.8 Å². The van der Waals surface area contributed by atoms with Crippen LogP contribution in [0.5, 0.6) is 0 Å². The molecule has 0 saturated carbocycles. The Balaban J connectivity index is 1.49. The topological polar surface area (TPSA) is 91.0 Å². The fraction of sp³-hybridized carbons (Fsp3) is 0.423. The SMILES string of the molecule is CNC(=O)C(CCC=O)N1Cc2c(NCc3cccc(CN4CCOCC4)c3F)cccc2C1=O. The molecule has 4 rings (SSSR count). The molecule has 2 heterocycles. The van der Waals surface area contributed by atoms with Crippen molar-refractivity contribution in [1.29, 1.82) is 0 Å². The van der Waals surface area contributed by atoms with E-state index in [1.165, 1.54) is 11.9 Å². The molecule has 2 N–H and O–H groups in total. The van der Waals surface area contributed by atoms with Crippen LogP contribution >= 0.6 is 0 Å². The van der Waals surface area contributed by atoms with Crippen molar-refractivity contribution in [3.8, 4) is 0 Å². The second-order valence-electron chi connectivity index (χ2n) is 8.77. The van der Waals surface area contributed by atoms with Crippen molar-refractivity contribution in [2.45, 2.75) is 38.5 Å². The summed E-state index contributed by atoms with van der Waals surface area (Å²) in [5.41, 5.74) is 3.19. The lowest BCUT2D eigenvalue weighted by Crippen LogP contribution is -2.46. The van der Waals surface area contributed by atoms with Gasteiger partial charge in [-0.1, -0.05) is 24.3 Å². The molecule has 2 aromatic carbocycles. The monoisotopic (exact) mass is 482 g/mol. The minimum atomic E-state index is -0.729. The quantitative estimate of drug-likeness (QED) is 0.505. The van der Waals surface area contributed by atoms with Gasteiger partial charge in [0.2, 0.25) is 5.91 Å². The first-order valence-electron chi connectivity index (χ1n) is 11.9. The van der Waals surface area contributed by atoms with Crippen LogP contribution in [0.15, 0.2) is 36.4 Å². The van der Waals surface area contributed by atoms with E-state index in [4.69, 9.17) is 4.74 Å². The second kappa shape index (κ2) is 11.4. The lowest BCUT2D eigenvalue weighted by atomic mass is 10.1. The minimum absolute atomic E-state index is 0.184. The molecule has 2 aliphatic heterocycles. The average molecular weight is 483 g/mol. The highest BCUT2D eigenvalue weighted by molar-refractivity contribution is 6.02. The van der Waals surface area contributed by atoms with Crippen LogP contribution in [0.25, 0.3) is 0 Å². The fourth-order valence-electron chi connectivity index (χ4n) is 4.67. The summed E-state index contributed by atoms with van der Waals surface area (Å²) >= 11 is 0. The van der Waals surface area contributed by atoms with Gasteiger partial charge in [-0.3, -0.25) is 14.5 Å². The number of anilines is 1. The standard InChI is InChI=1S/C26H31FN4O4/c1-28-25(33)23(9-4-12-32)31-17-21-20(26(31)34)7-3-8-22(21)29-15-18-5-2-6-19(24(18)27)16-30-10-13-35-14-11-30/h2-3,5-8,12,23,29H,4,9-11,13-17H2,1H3,(H,28,33). The van der Waals surface area contributed by atoms with Crippen LogP contribution in [0.2, 0.25) is 0 Å². The van der Waals surface area contributed by atoms with Gasteiger partial charge in [0.15, 0.2) is 0 Å². The van der Waals surface area contributed by atoms with Gasteiger partial charge in [-0.15, -0.1) is 0 Å². The summed E-state index contributed by atoms with van der Waals surface area (Å²) in [7, 11) is 1.51. The first-order valence-corrected chi connectivity index (χ1v) is 11.9. The maximum absolute atomic E-state index is 15.2. The smallest absolute Gasteiger partial charge is 0.255 e. The number of halogens is 1. The molecule has 2 amide bonds. The van der Waals surface area contributed by atoms with E-state index in [1.54, 1.807) is 18.2 Å². The van der Waals surface area contributed by atoms with Gasteiger partial charge in [0.1, 0.15) is 18.1 Å². The predicted octanol–water partition coefficient (Wildman–Crippen LogP) is 2.32. The van der Waals surface area contributed by atoms with Crippen LogP contribution in [0, 0.1) is 5.82 Å². The zero-order valence-electron chi connectivity index (χ0n) is 19.9. The highest BCUT2D eigenvalue weighted by atomic mass is 19.1. The Morgan fingerprint density at radius 1 is 1.17 bits per heavy atom. The predicted molar refractivity (Wildman–Crippen MR) is 129 cm³/mol. The van der Waals surface area contributed by atoms with E-state index in [0.717, 1.165) is 30.6 Å². The molecule has 8 nitrogen and oxygen atoms in total. The van der Waals surface area contributed by atoms with Gasteiger partial charge < -0.3 is 25.1 Å². The fourth-order valence-corrected chi connectivity index (χ4v) is 4.67. The Morgan fingerprint density at radius 2 is 1.91 bits per heavy atom. The number of carbonyl (C=O) groups excluding carboxylic acids is 3. The molecule has 35 heavy (non-hydrogen) atoms. The largest absolute Gasteiger partial charge is 0.381 e. The molecule has 0 aliphatic carbocycles. The third-order valence-electron chi connectivity index (χ3n) is 6.60. The zero-order valence-corrected chi connectivity index (χ0v) is 19.9. The van der Waals surface area contributed by atoms with E-state index in [9.17, 15) is 14.4 Å². The molecule has 1 fully saturated rings. The minimum Gasteiger partial charge on any atom is -0.381 e. The van der Waals surface area contributed by atoms with Gasteiger partial charge in [0.05, 0.1) is 13.2 Å². The Bertz CT molecular complexity index is 1090. The van der Waals surface area contributed by atoms with Crippen molar-refractivity contribution in [2.24, 2.45) is 0 Å². The van der Waals surface area contributed by atoms with E-state index in [0.29, 0.717) is 36.4 Å². The molecule has 186 valence electrons. The van der Waals surface area contributed by atoms with E-state index in [2.05, 4.69) is 15.5 Å². The van der Waals surface area contributed by atoms with Crippen molar-refractivity contribution in [3.63, 3.8) is 0 Å². The summed E-state index contributed by atoms with van der Waals surface area (Å²) < 4.78 is 20.6. The number of ether oxygens (including phenoxy) is 1. The first kappa shape index (κ1) is 24.8. The number of benzene rings is 2. The molecule has 2 aliphatic rings. The number of amides is 2. The molecule has 1 saturated heterocycles. The lowest BCUT2D eigenvalue weighted by Gasteiger charge is -2.27. The molecule has 1 unspecified atom stereocenters. The third-order valence-corrected chi connectivity index (χ3v) is 6.60. The normalized spacial score (nSPS) is 16.6. The van der Waals surface area contributed by atoms with E-state index in [-0.39, 0.29) is 43.6 Å². The maximum Gasteiger partial charge on any atom is 0.255 e. The molecular weight excluding hydrogens is 451 g/mol. The van der Waals surface area contributed by atoms with E-state index in [1.807, 2.05) is 18.2 Å². The highest BCUT2D eigenvalue weighted by Crippen LogP contribution is 2.32. The van der Waals surface area contributed by atoms with Gasteiger partial charge in [-0.2, -0.15) is 0 Å². The van der Waals surface area contributed by atoms with Gasteiger partial charge in [-0.05, 0) is 18.6 Å². The van der Waals surface area contributed by atoms with Crippen LogP contribution in [0.4, 0.5) is 10.1 Å². The summed E-state index contributed by atoms with van der Waals surface area (Å²) in [4.78, 5) is 40.1. The summed E-state index contributed by atoms with van der Waals surface area (Å²) in [6, 6.07) is 10.0. The van der Waals surface area contributed by atoms with E-state index >= 15 is 4.39 Å². The Kier molecular flexibility index (Phi) is 8.09. The Labute approximate surface area is 204 Å². The third kappa shape index (κ3) is 5.52. The van der Waals surface area contributed by atoms with Gasteiger partial charge in [0.25, 0.3) is 5.91 Å². The zero-order chi connectivity index (χ0) is 24.8. The molecule has 0 radical (unpaired) electrons. The number of hydrogen-bond donors (Lipinski definition) is 2. The molecule has 0 bridgehead atoms. The number of morpholine rings is 1. The van der Waals surface area contributed by atoms with Gasteiger partial charge in [-0.25, -0.2) is 4.39 Å². The highest BCUT2D eigenvalue weighted by Gasteiger charge is 2.36. The number of likely N-dealkylation sites (N-methyl/N-ethyl adjacent to an activating group) is 1. The van der Waals surface area contributed by atoms with Crippen LogP contribution < -0.4 is 10.6 Å². The van der Waals surface area contributed by atoms with Gasteiger partial charge >= 0.3 is 0 Å². The van der Waals surface area contributed by atoms with Crippen molar-refractivity contribution in [3.05, 3.63) is 64.5 Å². The summed E-state index contributed by atoms with van der Waals surface area (Å²) in [5.74, 6) is -0.783. The van der Waals surface area contributed by atoms with Crippen LogP contribution in [0.3, 0.4) is 0 Å². The molecule has 2 aromatic rings. The van der Waals surface area contributed by atoms with Crippen LogP contribution in [-0.2, 0) is 34.0 Å². The number of aldehydes is 1. The lowest BCUT2D eigenvalue weighted by molar-refractivity contribution is -0.125. The van der Waals surface area contributed by atoms with Gasteiger partial charge in [0, 0.05) is 74.1 Å². The first-order chi connectivity index (χ1) is 17.0. The van der Waals surface area contributed by atoms with Crippen LogP contribution in [0.1, 0.15) is 39.9 Å². The molecule has 9 heteroatoms. The molecular formula is C26H31FN4O4.